The van der Waals surface area contributed by atoms with Gasteiger partial charge in [-0.1, -0.05) is 35.7 Å². The molecule has 3 N–H and O–H groups in total. The molecule has 3 rings (SSSR count). The van der Waals surface area contributed by atoms with Crippen molar-refractivity contribution in [3.05, 3.63) is 58.1 Å². The van der Waals surface area contributed by atoms with Crippen molar-refractivity contribution < 1.29 is 19.1 Å². The van der Waals surface area contributed by atoms with E-state index in [4.69, 9.17) is 32.7 Å². The lowest BCUT2D eigenvalue weighted by molar-refractivity contribution is -0.116. The van der Waals surface area contributed by atoms with Crippen molar-refractivity contribution in [3.8, 4) is 11.5 Å². The van der Waals surface area contributed by atoms with E-state index in [1.165, 1.54) is 6.08 Å². The normalized spacial score (nSPS) is 15.5. The Bertz CT molecular complexity index is 1100. The van der Waals surface area contributed by atoms with Crippen molar-refractivity contribution in [2.75, 3.05) is 45.7 Å². The Morgan fingerprint density at radius 3 is 2.65 bits per heavy atom. The number of ether oxygens (including phenoxy) is 2. The molecule has 3 amide bonds. The van der Waals surface area contributed by atoms with E-state index in [-0.39, 0.29) is 18.0 Å². The van der Waals surface area contributed by atoms with Crippen LogP contribution >= 0.6 is 23.2 Å². The molecule has 37 heavy (non-hydrogen) atoms. The lowest BCUT2D eigenvalue weighted by Gasteiger charge is -2.17. The molecule has 1 heterocycles. The van der Waals surface area contributed by atoms with E-state index in [1.54, 1.807) is 56.7 Å². The predicted molar refractivity (Wildman–Crippen MR) is 149 cm³/mol. The Morgan fingerprint density at radius 2 is 1.89 bits per heavy atom. The number of methoxy groups -OCH3 is 2. The zero-order chi connectivity index (χ0) is 26.6. The second-order valence-electron chi connectivity index (χ2n) is 8.81. The quantitative estimate of drug-likeness (QED) is 0.250. The smallest absolute Gasteiger partial charge is 0.319 e. The minimum absolute atomic E-state index is 0.103. The second-order valence-corrected chi connectivity index (χ2v) is 9.62. The molecule has 0 aromatic heterocycles. The molecule has 10 heteroatoms. The number of hydrogen-bond donors (Lipinski definition) is 3. The summed E-state index contributed by atoms with van der Waals surface area (Å²) in [4.78, 5) is 26.8. The molecule has 1 atom stereocenters. The number of nitrogens with one attached hydrogen (secondary N) is 3. The molecule has 1 unspecified atom stereocenters. The van der Waals surface area contributed by atoms with E-state index in [2.05, 4.69) is 20.9 Å². The number of nitrogens with zero attached hydrogens (tertiary/aromatic N) is 1. The fourth-order valence-electron chi connectivity index (χ4n) is 4.09. The van der Waals surface area contributed by atoms with Crippen molar-refractivity contribution in [1.82, 2.24) is 15.5 Å². The van der Waals surface area contributed by atoms with Gasteiger partial charge in [-0.2, -0.15) is 0 Å². The molecule has 200 valence electrons. The Balaban J connectivity index is 1.27. The number of likely N-dealkylation sites (tertiary alicyclic amines) is 1. The van der Waals surface area contributed by atoms with Crippen LogP contribution in [0.5, 0.6) is 11.5 Å². The summed E-state index contributed by atoms with van der Waals surface area (Å²) in [5.74, 6) is 1.07. The van der Waals surface area contributed by atoms with E-state index >= 15 is 0 Å². The van der Waals surface area contributed by atoms with Gasteiger partial charge in [0.2, 0.25) is 5.91 Å². The fourth-order valence-corrected chi connectivity index (χ4v) is 4.40. The number of amides is 3. The summed E-state index contributed by atoms with van der Waals surface area (Å²) in [6.45, 7) is 3.37. The SMILES string of the molecule is COc1ccc(NC(=O)NC2CCN(CCCCCNC(=O)/C=C/c3ccc(Cl)c(Cl)c3)C2)c(OC)c1. The summed E-state index contributed by atoms with van der Waals surface area (Å²) in [7, 11) is 3.13. The third-order valence-corrected chi connectivity index (χ3v) is 6.82. The number of benzene rings is 2. The summed E-state index contributed by atoms with van der Waals surface area (Å²) in [5.41, 5.74) is 1.41. The van der Waals surface area contributed by atoms with Crippen molar-refractivity contribution in [1.29, 1.82) is 0 Å². The van der Waals surface area contributed by atoms with Crippen LogP contribution in [0.1, 0.15) is 31.2 Å². The van der Waals surface area contributed by atoms with Crippen LogP contribution in [0.4, 0.5) is 10.5 Å². The molecule has 8 nitrogen and oxygen atoms in total. The molecule has 0 saturated carbocycles. The Hall–Kier alpha value is -2.94. The first kappa shape index (κ1) is 28.6. The van der Waals surface area contributed by atoms with Gasteiger partial charge >= 0.3 is 6.03 Å². The molecule has 1 saturated heterocycles. The first-order chi connectivity index (χ1) is 17.9. The molecule has 1 aliphatic heterocycles. The van der Waals surface area contributed by atoms with Crippen LogP contribution in [0.3, 0.4) is 0 Å². The zero-order valence-electron chi connectivity index (χ0n) is 21.2. The highest BCUT2D eigenvalue weighted by Gasteiger charge is 2.23. The van der Waals surface area contributed by atoms with Crippen molar-refractivity contribution in [2.45, 2.75) is 31.7 Å². The number of unbranched alkanes of at least 4 members (excludes halogenated alkanes) is 2. The highest BCUT2D eigenvalue weighted by Crippen LogP contribution is 2.29. The van der Waals surface area contributed by atoms with Gasteiger partial charge in [0, 0.05) is 37.8 Å². The summed E-state index contributed by atoms with van der Waals surface area (Å²) in [6.07, 6.45) is 7.09. The Morgan fingerprint density at radius 1 is 1.05 bits per heavy atom. The molecule has 0 spiro atoms. The first-order valence-electron chi connectivity index (χ1n) is 12.3. The van der Waals surface area contributed by atoms with Gasteiger partial charge in [0.25, 0.3) is 0 Å². The number of hydrogen-bond acceptors (Lipinski definition) is 5. The van der Waals surface area contributed by atoms with Gasteiger partial charge < -0.3 is 30.3 Å². The van der Waals surface area contributed by atoms with E-state index in [1.807, 2.05) is 0 Å². The van der Waals surface area contributed by atoms with E-state index in [9.17, 15) is 9.59 Å². The van der Waals surface area contributed by atoms with Crippen LogP contribution < -0.4 is 25.4 Å². The van der Waals surface area contributed by atoms with Crippen LogP contribution in [-0.4, -0.2) is 63.3 Å². The minimum Gasteiger partial charge on any atom is -0.497 e. The molecule has 1 fully saturated rings. The molecule has 1 aliphatic rings. The van der Waals surface area contributed by atoms with E-state index in [0.717, 1.165) is 50.9 Å². The number of halogens is 2. The largest absolute Gasteiger partial charge is 0.497 e. The average molecular weight is 549 g/mol. The van der Waals surface area contributed by atoms with Gasteiger partial charge in [0.05, 0.1) is 30.0 Å². The Kier molecular flexibility index (Phi) is 11.4. The summed E-state index contributed by atoms with van der Waals surface area (Å²) in [6, 6.07) is 10.3. The maximum atomic E-state index is 12.5. The van der Waals surface area contributed by atoms with Gasteiger partial charge in [-0.15, -0.1) is 0 Å². The highest BCUT2D eigenvalue weighted by molar-refractivity contribution is 6.42. The van der Waals surface area contributed by atoms with Gasteiger partial charge in [-0.25, -0.2) is 4.79 Å². The van der Waals surface area contributed by atoms with Crippen molar-refractivity contribution in [2.24, 2.45) is 0 Å². The van der Waals surface area contributed by atoms with Gasteiger partial charge in [0.1, 0.15) is 11.5 Å². The van der Waals surface area contributed by atoms with E-state index < -0.39 is 0 Å². The monoisotopic (exact) mass is 548 g/mol. The fraction of sp³-hybridized carbons (Fsp3) is 0.407. The standard InChI is InChI=1S/C27H34Cl2N4O4/c1-36-21-8-10-24(25(17-21)37-2)32-27(35)31-20-12-15-33(18-20)14-5-3-4-13-30-26(34)11-7-19-6-9-22(28)23(29)16-19/h6-11,16-17,20H,3-5,12-15,18H2,1-2H3,(H,30,34)(H2,31,32,35)/b11-7+. The lowest BCUT2D eigenvalue weighted by atomic mass is 10.2. The maximum Gasteiger partial charge on any atom is 0.319 e. The number of rotatable bonds is 12. The predicted octanol–water partition coefficient (Wildman–Crippen LogP) is 5.21. The Labute approximate surface area is 228 Å². The number of carbonyl (C=O) groups excluding carboxylic acids is 2. The van der Waals surface area contributed by atoms with Gasteiger partial charge in [0.15, 0.2) is 0 Å². The van der Waals surface area contributed by atoms with Gasteiger partial charge in [-0.05, 0) is 61.7 Å². The van der Waals surface area contributed by atoms with Crippen LogP contribution in [0.15, 0.2) is 42.5 Å². The third-order valence-electron chi connectivity index (χ3n) is 6.09. The van der Waals surface area contributed by atoms with Crippen molar-refractivity contribution in [3.63, 3.8) is 0 Å². The van der Waals surface area contributed by atoms with Crippen molar-refractivity contribution >= 4 is 46.9 Å². The topological polar surface area (TPSA) is 91.9 Å². The molecule has 0 radical (unpaired) electrons. The first-order valence-corrected chi connectivity index (χ1v) is 13.1. The maximum absolute atomic E-state index is 12.5. The van der Waals surface area contributed by atoms with Crippen LogP contribution in [-0.2, 0) is 4.79 Å². The van der Waals surface area contributed by atoms with Gasteiger partial charge in [-0.3, -0.25) is 4.79 Å². The number of carbonyl (C=O) groups is 2. The molecule has 2 aromatic carbocycles. The molecular formula is C27H34Cl2N4O4. The molecule has 2 aromatic rings. The summed E-state index contributed by atoms with van der Waals surface area (Å²) < 4.78 is 10.5. The summed E-state index contributed by atoms with van der Waals surface area (Å²) >= 11 is 11.9. The van der Waals surface area contributed by atoms with Crippen LogP contribution in [0.25, 0.3) is 6.08 Å². The third kappa shape index (κ3) is 9.46. The van der Waals surface area contributed by atoms with E-state index in [0.29, 0.717) is 33.8 Å². The van der Waals surface area contributed by atoms with Crippen LogP contribution in [0, 0.1) is 0 Å². The molecular weight excluding hydrogens is 515 g/mol. The molecule has 0 aliphatic carbocycles. The average Bonchev–Trinajstić information content (AvgIpc) is 3.33. The van der Waals surface area contributed by atoms with Crippen LogP contribution in [0.2, 0.25) is 10.0 Å². The second kappa shape index (κ2) is 14.7. The highest BCUT2D eigenvalue weighted by atomic mass is 35.5. The number of urea groups is 1. The summed E-state index contributed by atoms with van der Waals surface area (Å²) in [5, 5.41) is 9.74. The minimum atomic E-state index is -0.251. The number of anilines is 1. The zero-order valence-corrected chi connectivity index (χ0v) is 22.7. The molecule has 0 bridgehead atoms. The lowest BCUT2D eigenvalue weighted by Crippen LogP contribution is -2.39.